The summed E-state index contributed by atoms with van der Waals surface area (Å²) < 4.78 is 8.38. The second-order valence-corrected chi connectivity index (χ2v) is 0. The Morgan fingerprint density at radius 3 is 1.17 bits per heavy atom. The fraction of sp³-hybridized carbons (Fsp3) is 0. The van der Waals surface area contributed by atoms with Crippen LogP contribution in [0.2, 0.25) is 0 Å². The van der Waals surface area contributed by atoms with Crippen molar-refractivity contribution in [3.8, 4) is 0 Å². The van der Waals surface area contributed by atoms with Gasteiger partial charge < -0.3 is 0 Å². The molecule has 1 nitrogen and oxygen atoms in total. The van der Waals surface area contributed by atoms with Crippen molar-refractivity contribution < 1.29 is 83.7 Å². The van der Waals surface area contributed by atoms with E-state index >= 15 is 0 Å². The molecule has 0 aliphatic carbocycles. The summed E-state index contributed by atoms with van der Waals surface area (Å²) in [6.45, 7) is 0. The van der Waals surface area contributed by atoms with Crippen molar-refractivity contribution in [2.45, 2.75) is 0 Å². The Labute approximate surface area is 99.2 Å². The molecule has 0 aliphatic heterocycles. The Hall–Kier alpha value is 2.97. The first kappa shape index (κ1) is 36.2. The first-order chi connectivity index (χ1) is 1.00. The van der Waals surface area contributed by atoms with Crippen LogP contribution in [0.15, 0.2) is 0 Å². The standard InChI is InChI=1S/Al.Co.Cr.Ni.O.Y.3H. The number of hydrogen-bond donors (Lipinski definition) is 0. The molecule has 0 unspecified atom stereocenters. The summed E-state index contributed by atoms with van der Waals surface area (Å²) in [5.41, 5.74) is 0. The maximum atomic E-state index is 8.38. The van der Waals surface area contributed by atoms with Crippen molar-refractivity contribution >= 4 is 17.4 Å². The molecule has 1 radical (unpaired) electrons. The quantitative estimate of drug-likeness (QED) is 0.508. The maximum absolute atomic E-state index is 8.38. The first-order valence-electron chi connectivity index (χ1n) is 0.236. The molecule has 0 saturated heterocycles. The van der Waals surface area contributed by atoms with Crippen LogP contribution in [0.25, 0.3) is 0 Å². The Balaban J connectivity index is -0.000000000833. The molecule has 0 N–H and O–H groups in total. The molecule has 40 valence electrons. The summed E-state index contributed by atoms with van der Waals surface area (Å²) in [6, 6.07) is 0. The van der Waals surface area contributed by atoms with Gasteiger partial charge in [-0.05, 0) is 0 Å². The van der Waals surface area contributed by atoms with Crippen LogP contribution < -0.4 is 0 Å². The summed E-state index contributed by atoms with van der Waals surface area (Å²) in [4.78, 5) is 0. The van der Waals surface area contributed by atoms with Gasteiger partial charge in [0.2, 0.25) is 0 Å². The molecule has 0 rings (SSSR count). The first-order valence-corrected chi connectivity index (χ1v) is 1.39. The molecule has 6 heteroatoms. The average Bonchev–Trinajstić information content (AvgIpc) is 1.00. The third kappa shape index (κ3) is 28.2. The van der Waals surface area contributed by atoms with Crippen molar-refractivity contribution in [2.75, 3.05) is 0 Å². The van der Waals surface area contributed by atoms with E-state index in [9.17, 15) is 0 Å². The fourth-order valence-electron chi connectivity index (χ4n) is 0. The molecular weight excluding hydrogens is 302 g/mol. The summed E-state index contributed by atoms with van der Waals surface area (Å²) in [7, 11) is 0. The van der Waals surface area contributed by atoms with Crippen molar-refractivity contribution in [3.05, 3.63) is 0 Å². The molecule has 0 atom stereocenters. The van der Waals surface area contributed by atoms with Gasteiger partial charge in [0.15, 0.2) is 17.4 Å². The fourth-order valence-corrected chi connectivity index (χ4v) is 0. The molecule has 0 saturated carbocycles. The zero-order chi connectivity index (χ0) is 2.00. The minimum absolute atomic E-state index is 0. The monoisotopic (exact) mass is 304 g/mol. The number of hydrogen-bond acceptors (Lipinski definition) is 1. The van der Waals surface area contributed by atoms with Gasteiger partial charge in [-0.2, -0.15) is 0 Å². The van der Waals surface area contributed by atoms with Crippen molar-refractivity contribution in [1.82, 2.24) is 0 Å². The summed E-state index contributed by atoms with van der Waals surface area (Å²) in [5.74, 6) is 0. The second kappa shape index (κ2) is 43.9. The van der Waals surface area contributed by atoms with Crippen molar-refractivity contribution in [1.29, 1.82) is 0 Å². The molecule has 6 heavy (non-hydrogen) atoms. The molecule has 0 fully saturated rings. The van der Waals surface area contributed by atoms with E-state index in [1.165, 1.54) is 0 Å². The van der Waals surface area contributed by atoms with Crippen LogP contribution in [0.5, 0.6) is 0 Å². The minimum atomic E-state index is 0. The molecular formula is H3AlCoCrNiOY. The average molecular weight is 305 g/mol. The van der Waals surface area contributed by atoms with Gasteiger partial charge in [0.1, 0.15) is 0 Å². The molecule has 0 aromatic heterocycles. The van der Waals surface area contributed by atoms with Crippen LogP contribution in [-0.2, 0) is 83.7 Å². The van der Waals surface area contributed by atoms with Crippen LogP contribution in [0.1, 0.15) is 0 Å². The second-order valence-electron chi connectivity index (χ2n) is 0. The van der Waals surface area contributed by atoms with Crippen LogP contribution in [0, 0.1) is 0 Å². The van der Waals surface area contributed by atoms with Gasteiger partial charge in [-0.3, -0.25) is 0 Å². The number of rotatable bonds is 0. The van der Waals surface area contributed by atoms with Gasteiger partial charge in [-0.25, -0.2) is 0 Å². The Bertz CT molecular complexity index is 15.5. The van der Waals surface area contributed by atoms with E-state index < -0.39 is 0 Å². The molecule has 0 aromatic rings. The molecule has 0 amide bonds. The Morgan fingerprint density at radius 1 is 1.17 bits per heavy atom. The Morgan fingerprint density at radius 2 is 1.17 bits per heavy atom. The zero-order valence-corrected chi connectivity index (χ0v) is 8.19. The summed E-state index contributed by atoms with van der Waals surface area (Å²) in [6.07, 6.45) is 0. The zero-order valence-electron chi connectivity index (χ0n) is 2.04. The predicted molar refractivity (Wildman–Crippen MR) is 10.6 cm³/mol. The van der Waals surface area contributed by atoms with Gasteiger partial charge in [-0.15, -0.1) is 0 Å². The summed E-state index contributed by atoms with van der Waals surface area (Å²) >= 11 is 0.100. The van der Waals surface area contributed by atoms with E-state index in [1.807, 2.05) is 0 Å². The van der Waals surface area contributed by atoms with E-state index in [4.69, 9.17) is 2.04 Å². The summed E-state index contributed by atoms with van der Waals surface area (Å²) in [5, 5.41) is 0. The Kier molecular flexibility index (Phi) is 265. The molecule has 0 aromatic carbocycles. The van der Waals surface area contributed by atoms with Crippen molar-refractivity contribution in [3.63, 3.8) is 0 Å². The van der Waals surface area contributed by atoms with E-state index in [-0.39, 0.29) is 99.0 Å². The molecule has 0 aliphatic rings. The third-order valence-electron chi connectivity index (χ3n) is 0. The third-order valence-corrected chi connectivity index (χ3v) is 0. The van der Waals surface area contributed by atoms with Crippen LogP contribution in [-0.4, -0.2) is 17.4 Å². The molecule has 0 bridgehead atoms. The normalized spacial score (nSPS) is 1.00. The van der Waals surface area contributed by atoms with Gasteiger partial charge in [0, 0.05) is 50.6 Å². The van der Waals surface area contributed by atoms with E-state index in [2.05, 4.69) is 0 Å². The van der Waals surface area contributed by atoms with E-state index in [0.29, 0.717) is 0 Å². The van der Waals surface area contributed by atoms with Crippen LogP contribution in [0.3, 0.4) is 0 Å². The predicted octanol–water partition coefficient (Wildman–Crippen LogP) is -1.31. The SMILES string of the molecule is [AlH3].[Co].[Cr].[Ni].[O]=[Y]. The topological polar surface area (TPSA) is 17.1 Å². The van der Waals surface area contributed by atoms with Crippen LogP contribution in [0.4, 0.5) is 0 Å². The van der Waals surface area contributed by atoms with Gasteiger partial charge in [-0.1, -0.05) is 0 Å². The van der Waals surface area contributed by atoms with E-state index in [1.54, 1.807) is 0 Å². The van der Waals surface area contributed by atoms with Gasteiger partial charge in [0.05, 0.1) is 0 Å². The van der Waals surface area contributed by atoms with Gasteiger partial charge >= 0.3 is 33.1 Å². The molecule has 0 spiro atoms. The molecule has 0 heterocycles. The van der Waals surface area contributed by atoms with Gasteiger partial charge in [0.25, 0.3) is 0 Å². The van der Waals surface area contributed by atoms with E-state index in [0.717, 1.165) is 0 Å². The van der Waals surface area contributed by atoms with Crippen LogP contribution >= 0.6 is 0 Å². The van der Waals surface area contributed by atoms with Crippen molar-refractivity contribution in [2.24, 2.45) is 0 Å².